The average molecular weight is 462 g/mol. The average Bonchev–Trinajstić information content (AvgIpc) is 3.31. The third kappa shape index (κ3) is 4.35. The number of carbonyl (C=O) groups is 1. The van der Waals surface area contributed by atoms with Crippen LogP contribution in [0.25, 0.3) is 5.69 Å². The molecule has 0 aliphatic heterocycles. The minimum Gasteiger partial charge on any atom is -0.387 e. The van der Waals surface area contributed by atoms with Gasteiger partial charge in [0.1, 0.15) is 17.7 Å². The first kappa shape index (κ1) is 22.3. The lowest BCUT2D eigenvalue weighted by Crippen LogP contribution is -2.49. The van der Waals surface area contributed by atoms with E-state index in [1.165, 1.54) is 35.4 Å². The maximum absolute atomic E-state index is 14.2. The van der Waals surface area contributed by atoms with E-state index < -0.39 is 29.5 Å². The second-order valence-corrected chi connectivity index (χ2v) is 8.34. The largest absolute Gasteiger partial charge is 0.387 e. The van der Waals surface area contributed by atoms with Crippen LogP contribution in [0.5, 0.6) is 0 Å². The summed E-state index contributed by atoms with van der Waals surface area (Å²) in [5, 5.41) is 22.1. The SMILES string of the molecule is Cc1ccc(-n2nccn2)c(C(=O)NC(c2cccc(F)c2Cl)[C@]2(O)CC[C@@H](F)CC2)n1. The highest BCUT2D eigenvalue weighted by Gasteiger charge is 2.43. The number of rotatable bonds is 5. The van der Waals surface area contributed by atoms with E-state index in [-0.39, 0.29) is 42.0 Å². The molecule has 2 heterocycles. The molecule has 1 fully saturated rings. The zero-order valence-electron chi connectivity index (χ0n) is 17.3. The predicted octanol–water partition coefficient (Wildman–Crippen LogP) is 3.88. The number of alkyl halides is 1. The molecule has 168 valence electrons. The van der Waals surface area contributed by atoms with Gasteiger partial charge in [0, 0.05) is 5.69 Å². The number of carbonyl (C=O) groups excluding carboxylic acids is 1. The van der Waals surface area contributed by atoms with E-state index in [0.29, 0.717) is 11.4 Å². The fourth-order valence-electron chi connectivity index (χ4n) is 4.03. The number of aryl methyl sites for hydroxylation is 1. The molecule has 1 aromatic carbocycles. The number of aliphatic hydroxyl groups is 1. The van der Waals surface area contributed by atoms with Crippen molar-refractivity contribution in [3.63, 3.8) is 0 Å². The van der Waals surface area contributed by atoms with Crippen molar-refractivity contribution in [2.75, 3.05) is 0 Å². The summed E-state index contributed by atoms with van der Waals surface area (Å²) >= 11 is 6.21. The number of benzene rings is 1. The number of hydrogen-bond acceptors (Lipinski definition) is 5. The Morgan fingerprint density at radius 1 is 1.25 bits per heavy atom. The Hall–Kier alpha value is -2.91. The molecule has 3 aromatic rings. The van der Waals surface area contributed by atoms with Crippen LogP contribution in [0.15, 0.2) is 42.7 Å². The van der Waals surface area contributed by atoms with Crippen molar-refractivity contribution in [1.82, 2.24) is 25.3 Å². The van der Waals surface area contributed by atoms with Gasteiger partial charge in [-0.3, -0.25) is 4.79 Å². The van der Waals surface area contributed by atoms with Gasteiger partial charge in [0.15, 0.2) is 5.69 Å². The van der Waals surface area contributed by atoms with E-state index in [0.717, 1.165) is 0 Å². The summed E-state index contributed by atoms with van der Waals surface area (Å²) in [6, 6.07) is 6.47. The van der Waals surface area contributed by atoms with Crippen LogP contribution in [-0.2, 0) is 0 Å². The molecular formula is C22H22ClF2N5O2. The van der Waals surface area contributed by atoms with Crippen molar-refractivity contribution in [1.29, 1.82) is 0 Å². The van der Waals surface area contributed by atoms with E-state index in [1.54, 1.807) is 19.1 Å². The van der Waals surface area contributed by atoms with Crippen LogP contribution in [0.1, 0.15) is 53.5 Å². The summed E-state index contributed by atoms with van der Waals surface area (Å²) in [6.07, 6.45) is 2.32. The highest BCUT2D eigenvalue weighted by atomic mass is 35.5. The quantitative estimate of drug-likeness (QED) is 0.601. The number of aromatic nitrogens is 4. The van der Waals surface area contributed by atoms with Gasteiger partial charge in [0.05, 0.1) is 29.1 Å². The number of pyridine rings is 1. The van der Waals surface area contributed by atoms with Crippen molar-refractivity contribution in [3.8, 4) is 5.69 Å². The van der Waals surface area contributed by atoms with Gasteiger partial charge in [-0.05, 0) is 56.4 Å². The Labute approximate surface area is 188 Å². The smallest absolute Gasteiger partial charge is 0.272 e. The summed E-state index contributed by atoms with van der Waals surface area (Å²) < 4.78 is 28.0. The Balaban J connectivity index is 1.75. The molecule has 1 aliphatic carbocycles. The molecule has 2 N–H and O–H groups in total. The van der Waals surface area contributed by atoms with Crippen LogP contribution < -0.4 is 5.32 Å². The molecule has 32 heavy (non-hydrogen) atoms. The Morgan fingerprint density at radius 3 is 2.62 bits per heavy atom. The molecule has 7 nitrogen and oxygen atoms in total. The molecule has 2 aromatic heterocycles. The highest BCUT2D eigenvalue weighted by molar-refractivity contribution is 6.31. The fourth-order valence-corrected chi connectivity index (χ4v) is 4.27. The molecule has 1 saturated carbocycles. The molecule has 1 amide bonds. The first-order valence-electron chi connectivity index (χ1n) is 10.2. The lowest BCUT2D eigenvalue weighted by molar-refractivity contribution is -0.0446. The van der Waals surface area contributed by atoms with Crippen LogP contribution in [-0.4, -0.2) is 42.8 Å². The zero-order chi connectivity index (χ0) is 22.9. The summed E-state index contributed by atoms with van der Waals surface area (Å²) in [7, 11) is 0. The summed E-state index contributed by atoms with van der Waals surface area (Å²) in [5.41, 5.74) is -0.346. The van der Waals surface area contributed by atoms with Crippen LogP contribution >= 0.6 is 11.6 Å². The fraction of sp³-hybridized carbons (Fsp3) is 0.364. The molecule has 1 atom stereocenters. The van der Waals surface area contributed by atoms with Gasteiger partial charge in [-0.1, -0.05) is 23.7 Å². The van der Waals surface area contributed by atoms with Crippen molar-refractivity contribution < 1.29 is 18.7 Å². The topological polar surface area (TPSA) is 92.9 Å². The zero-order valence-corrected chi connectivity index (χ0v) is 18.1. The predicted molar refractivity (Wildman–Crippen MR) is 114 cm³/mol. The second kappa shape index (κ2) is 8.91. The minimum absolute atomic E-state index is 0.0292. The third-order valence-corrected chi connectivity index (χ3v) is 6.15. The first-order chi connectivity index (χ1) is 15.3. The van der Waals surface area contributed by atoms with E-state index in [4.69, 9.17) is 11.6 Å². The lowest BCUT2D eigenvalue weighted by Gasteiger charge is -2.41. The molecule has 0 saturated heterocycles. The molecular weight excluding hydrogens is 440 g/mol. The van der Waals surface area contributed by atoms with E-state index in [1.807, 2.05) is 0 Å². The maximum Gasteiger partial charge on any atom is 0.272 e. The number of nitrogens with zero attached hydrogens (tertiary/aromatic N) is 4. The maximum atomic E-state index is 14.2. The van der Waals surface area contributed by atoms with Crippen molar-refractivity contribution in [2.24, 2.45) is 0 Å². The Bertz CT molecular complexity index is 1120. The lowest BCUT2D eigenvalue weighted by atomic mass is 9.76. The van der Waals surface area contributed by atoms with Gasteiger partial charge < -0.3 is 10.4 Å². The number of nitrogens with one attached hydrogen (secondary N) is 1. The molecule has 0 spiro atoms. The van der Waals surface area contributed by atoms with Gasteiger partial charge in [-0.25, -0.2) is 13.8 Å². The summed E-state index contributed by atoms with van der Waals surface area (Å²) in [4.78, 5) is 19.0. The van der Waals surface area contributed by atoms with Crippen molar-refractivity contribution in [2.45, 2.75) is 50.4 Å². The third-order valence-electron chi connectivity index (χ3n) is 5.75. The van der Waals surface area contributed by atoms with Crippen LogP contribution in [0.2, 0.25) is 5.02 Å². The first-order valence-corrected chi connectivity index (χ1v) is 10.6. The minimum atomic E-state index is -1.51. The number of amides is 1. The molecule has 0 bridgehead atoms. The molecule has 4 rings (SSSR count). The van der Waals surface area contributed by atoms with Crippen molar-refractivity contribution >= 4 is 17.5 Å². The molecule has 1 unspecified atom stereocenters. The Kier molecular flexibility index (Phi) is 6.21. The summed E-state index contributed by atoms with van der Waals surface area (Å²) in [6.45, 7) is 1.73. The van der Waals surface area contributed by atoms with Crippen LogP contribution in [0, 0.1) is 12.7 Å². The molecule has 10 heteroatoms. The Morgan fingerprint density at radius 2 is 1.94 bits per heavy atom. The highest BCUT2D eigenvalue weighted by Crippen LogP contribution is 2.42. The van der Waals surface area contributed by atoms with Gasteiger partial charge in [-0.2, -0.15) is 10.2 Å². The van der Waals surface area contributed by atoms with Gasteiger partial charge in [0.25, 0.3) is 5.91 Å². The van der Waals surface area contributed by atoms with Crippen LogP contribution in [0.4, 0.5) is 8.78 Å². The monoisotopic (exact) mass is 461 g/mol. The van der Waals surface area contributed by atoms with Gasteiger partial charge >= 0.3 is 0 Å². The van der Waals surface area contributed by atoms with Crippen molar-refractivity contribution in [3.05, 3.63) is 70.5 Å². The second-order valence-electron chi connectivity index (χ2n) is 7.97. The number of halogens is 3. The van der Waals surface area contributed by atoms with E-state index in [9.17, 15) is 18.7 Å². The van der Waals surface area contributed by atoms with Gasteiger partial charge in [-0.15, -0.1) is 4.80 Å². The normalized spacial score (nSPS) is 21.8. The van der Waals surface area contributed by atoms with E-state index >= 15 is 0 Å². The molecule has 0 radical (unpaired) electrons. The standard InChI is InChI=1S/C22H22ClF2N5O2/c1-13-5-6-17(30-26-11-12-27-30)19(28-13)21(31)29-20(15-3-2-4-16(25)18(15)23)22(32)9-7-14(24)8-10-22/h2-6,11-12,14,20,32H,7-10H2,1H3,(H,29,31)/t14-,20?,22+. The van der Waals surface area contributed by atoms with Crippen LogP contribution in [0.3, 0.4) is 0 Å². The summed E-state index contributed by atoms with van der Waals surface area (Å²) in [5.74, 6) is -1.30. The molecule has 1 aliphatic rings. The van der Waals surface area contributed by atoms with E-state index in [2.05, 4.69) is 20.5 Å². The van der Waals surface area contributed by atoms with Gasteiger partial charge in [0.2, 0.25) is 0 Å². The number of hydrogen-bond donors (Lipinski definition) is 2.